The van der Waals surface area contributed by atoms with Crippen LogP contribution in [0.4, 0.5) is 8.78 Å². The van der Waals surface area contributed by atoms with E-state index >= 15 is 0 Å². The number of alkyl halides is 2. The third kappa shape index (κ3) is 1.26. The van der Waals surface area contributed by atoms with Crippen LogP contribution >= 0.6 is 0 Å². The van der Waals surface area contributed by atoms with Gasteiger partial charge in [-0.2, -0.15) is 13.9 Å². The molecule has 0 radical (unpaired) electrons. The van der Waals surface area contributed by atoms with Crippen LogP contribution in [0.5, 0.6) is 0 Å². The van der Waals surface area contributed by atoms with E-state index in [1.165, 1.54) is 22.9 Å². The average molecular weight is 184 g/mol. The molecule has 1 heterocycles. The van der Waals surface area contributed by atoms with E-state index in [1.807, 2.05) is 0 Å². The molecular weight excluding hydrogens is 174 g/mol. The molecule has 13 heavy (non-hydrogen) atoms. The lowest BCUT2D eigenvalue weighted by Gasteiger charge is -2.11. The highest BCUT2D eigenvalue weighted by Gasteiger charge is 2.45. The molecule has 2 nitrogen and oxygen atoms in total. The topological polar surface area (TPSA) is 17.8 Å². The number of hydrogen-bond acceptors (Lipinski definition) is 1. The third-order valence-electron chi connectivity index (χ3n) is 2.26. The van der Waals surface area contributed by atoms with Crippen LogP contribution in [0.1, 0.15) is 11.4 Å². The lowest BCUT2D eigenvalue weighted by molar-refractivity contribution is -0.0248. The Balaban J connectivity index is 2.33. The monoisotopic (exact) mass is 184 g/mol. The maximum absolute atomic E-state index is 13.4. The quantitative estimate of drug-likeness (QED) is 0.643. The number of allylic oxidation sites excluding steroid dienone is 2. The van der Waals surface area contributed by atoms with Crippen LogP contribution in [0.3, 0.4) is 0 Å². The summed E-state index contributed by atoms with van der Waals surface area (Å²) < 4.78 is 28.3. The van der Waals surface area contributed by atoms with E-state index in [0.29, 0.717) is 0 Å². The zero-order valence-electron chi connectivity index (χ0n) is 7.46. The van der Waals surface area contributed by atoms with Gasteiger partial charge in [0.1, 0.15) is 5.69 Å². The van der Waals surface area contributed by atoms with Crippen molar-refractivity contribution >= 4 is 0 Å². The molecule has 0 atom stereocenters. The molecule has 0 saturated carbocycles. The zero-order chi connectivity index (χ0) is 9.64. The first kappa shape index (κ1) is 8.41. The van der Waals surface area contributed by atoms with Crippen LogP contribution in [-0.4, -0.2) is 9.78 Å². The van der Waals surface area contributed by atoms with Gasteiger partial charge in [0.05, 0.1) is 5.92 Å². The largest absolute Gasteiger partial charge is 0.301 e. The maximum atomic E-state index is 13.4. The molecule has 0 aromatic carbocycles. The molecule has 4 heteroatoms. The van der Waals surface area contributed by atoms with Gasteiger partial charge in [-0.3, -0.25) is 4.68 Å². The minimum absolute atomic E-state index is 0.137. The number of rotatable bonds is 2. The van der Waals surface area contributed by atoms with Crippen molar-refractivity contribution in [2.45, 2.75) is 12.8 Å². The fourth-order valence-corrected chi connectivity index (χ4v) is 1.19. The molecule has 0 saturated heterocycles. The molecule has 0 bridgehead atoms. The smallest absolute Gasteiger partial charge is 0.272 e. The second-order valence-electron chi connectivity index (χ2n) is 3.33. The first-order valence-electron chi connectivity index (χ1n) is 4.09. The summed E-state index contributed by atoms with van der Waals surface area (Å²) in [5, 5.41) is 3.77. The number of aryl methyl sites for hydroxylation is 2. The molecule has 1 aliphatic rings. The summed E-state index contributed by atoms with van der Waals surface area (Å²) in [7, 11) is 1.66. The van der Waals surface area contributed by atoms with Gasteiger partial charge in [0.15, 0.2) is 0 Å². The van der Waals surface area contributed by atoms with Gasteiger partial charge in [-0.25, -0.2) is 0 Å². The first-order chi connectivity index (χ1) is 6.01. The molecule has 1 aliphatic carbocycles. The Bertz CT molecular complexity index is 340. The zero-order valence-corrected chi connectivity index (χ0v) is 7.46. The van der Waals surface area contributed by atoms with E-state index in [0.717, 1.165) is 5.69 Å². The molecule has 0 amide bonds. The summed E-state index contributed by atoms with van der Waals surface area (Å²) in [6.07, 6.45) is 2.98. The summed E-state index contributed by atoms with van der Waals surface area (Å²) >= 11 is 0. The van der Waals surface area contributed by atoms with Crippen molar-refractivity contribution in [3.05, 3.63) is 29.6 Å². The molecule has 1 aromatic rings. The van der Waals surface area contributed by atoms with Crippen LogP contribution in [0.25, 0.3) is 0 Å². The Morgan fingerprint density at radius 1 is 1.46 bits per heavy atom. The van der Waals surface area contributed by atoms with E-state index in [1.54, 1.807) is 14.0 Å². The number of aromatic nitrogens is 2. The molecule has 70 valence electrons. The maximum Gasteiger partial charge on any atom is 0.301 e. The first-order valence-corrected chi connectivity index (χ1v) is 4.09. The Morgan fingerprint density at radius 2 is 2.08 bits per heavy atom. The summed E-state index contributed by atoms with van der Waals surface area (Å²) in [5.74, 6) is -3.55. The Hall–Kier alpha value is -1.19. The molecular formula is C9H10F2N2. The Morgan fingerprint density at radius 3 is 2.46 bits per heavy atom. The predicted octanol–water partition coefficient (Wildman–Crippen LogP) is 2.01. The van der Waals surface area contributed by atoms with E-state index in [9.17, 15) is 8.78 Å². The van der Waals surface area contributed by atoms with Crippen LogP contribution in [0.15, 0.2) is 18.2 Å². The van der Waals surface area contributed by atoms with Crippen LogP contribution < -0.4 is 0 Å². The van der Waals surface area contributed by atoms with Gasteiger partial charge >= 0.3 is 5.92 Å². The van der Waals surface area contributed by atoms with E-state index in [-0.39, 0.29) is 5.69 Å². The van der Waals surface area contributed by atoms with Crippen molar-refractivity contribution in [2.75, 3.05) is 0 Å². The van der Waals surface area contributed by atoms with Crippen molar-refractivity contribution < 1.29 is 8.78 Å². The summed E-state index contributed by atoms with van der Waals surface area (Å²) in [6.45, 7) is 1.76. The van der Waals surface area contributed by atoms with Crippen molar-refractivity contribution in [2.24, 2.45) is 13.0 Å². The van der Waals surface area contributed by atoms with Gasteiger partial charge in [0, 0.05) is 12.7 Å². The SMILES string of the molecule is Cc1cc(C(F)(F)C2C=C2)nn1C. The van der Waals surface area contributed by atoms with Crippen molar-refractivity contribution in [1.82, 2.24) is 9.78 Å². The van der Waals surface area contributed by atoms with Crippen LogP contribution in [0, 0.1) is 12.8 Å². The van der Waals surface area contributed by atoms with Crippen molar-refractivity contribution in [3.63, 3.8) is 0 Å². The van der Waals surface area contributed by atoms with Gasteiger partial charge in [-0.15, -0.1) is 0 Å². The van der Waals surface area contributed by atoms with Gasteiger partial charge < -0.3 is 0 Å². The number of hydrogen-bond donors (Lipinski definition) is 0. The van der Waals surface area contributed by atoms with E-state index in [2.05, 4.69) is 5.10 Å². The lowest BCUT2D eigenvalue weighted by Crippen LogP contribution is -2.17. The van der Waals surface area contributed by atoms with E-state index < -0.39 is 11.8 Å². The number of halogens is 2. The van der Waals surface area contributed by atoms with E-state index in [4.69, 9.17) is 0 Å². The molecule has 0 N–H and O–H groups in total. The molecule has 0 aliphatic heterocycles. The molecule has 0 fully saturated rings. The Labute approximate surface area is 74.9 Å². The average Bonchev–Trinajstić information content (AvgIpc) is 2.81. The fourth-order valence-electron chi connectivity index (χ4n) is 1.19. The minimum Gasteiger partial charge on any atom is -0.272 e. The lowest BCUT2D eigenvalue weighted by atomic mass is 10.1. The Kier molecular flexibility index (Phi) is 1.55. The molecule has 0 spiro atoms. The highest BCUT2D eigenvalue weighted by Crippen LogP contribution is 2.42. The van der Waals surface area contributed by atoms with Gasteiger partial charge in [-0.05, 0) is 13.0 Å². The second kappa shape index (κ2) is 2.40. The van der Waals surface area contributed by atoms with Gasteiger partial charge in [0.25, 0.3) is 0 Å². The van der Waals surface area contributed by atoms with Crippen molar-refractivity contribution in [1.29, 1.82) is 0 Å². The highest BCUT2D eigenvalue weighted by atomic mass is 19.3. The fraction of sp³-hybridized carbons (Fsp3) is 0.444. The normalized spacial score (nSPS) is 16.6. The molecule has 2 rings (SSSR count). The molecule has 1 aromatic heterocycles. The highest BCUT2D eigenvalue weighted by molar-refractivity contribution is 5.26. The summed E-state index contributed by atoms with van der Waals surface area (Å²) in [4.78, 5) is 0. The second-order valence-corrected chi connectivity index (χ2v) is 3.33. The van der Waals surface area contributed by atoms with Gasteiger partial charge in [-0.1, -0.05) is 12.2 Å². The third-order valence-corrected chi connectivity index (χ3v) is 2.26. The summed E-state index contributed by atoms with van der Waals surface area (Å²) in [6, 6.07) is 1.43. The van der Waals surface area contributed by atoms with Crippen molar-refractivity contribution in [3.8, 4) is 0 Å². The van der Waals surface area contributed by atoms with Crippen LogP contribution in [0.2, 0.25) is 0 Å². The number of nitrogens with zero attached hydrogens (tertiary/aromatic N) is 2. The van der Waals surface area contributed by atoms with Crippen LogP contribution in [-0.2, 0) is 13.0 Å². The predicted molar refractivity (Wildman–Crippen MR) is 44.5 cm³/mol. The van der Waals surface area contributed by atoms with Gasteiger partial charge in [0.2, 0.25) is 0 Å². The standard InChI is InChI=1S/C9H10F2N2/c1-6-5-8(12-13(6)2)9(10,11)7-3-4-7/h3-5,7H,1-2H3. The summed E-state index contributed by atoms with van der Waals surface area (Å²) in [5.41, 5.74) is 0.609. The molecule has 0 unspecified atom stereocenters. The minimum atomic E-state index is -2.83.